The van der Waals surface area contributed by atoms with Crippen molar-refractivity contribution in [2.45, 2.75) is 52.4 Å². The van der Waals surface area contributed by atoms with Crippen LogP contribution < -0.4 is 10.6 Å². The van der Waals surface area contributed by atoms with Crippen LogP contribution in [0.15, 0.2) is 28.8 Å². The van der Waals surface area contributed by atoms with Gasteiger partial charge in [0.2, 0.25) is 0 Å². The number of carbonyl (C=O) groups excluding carboxylic acids is 1. The highest BCUT2D eigenvalue weighted by molar-refractivity contribution is 5.89. The summed E-state index contributed by atoms with van der Waals surface area (Å²) < 4.78 is 5.29. The first-order chi connectivity index (χ1) is 14.0. The van der Waals surface area contributed by atoms with Crippen LogP contribution in [0.4, 0.5) is 10.5 Å². The number of unbranched alkanes of at least 4 members (excludes halogenated alkanes) is 1. The second-order valence-electron chi connectivity index (χ2n) is 8.33. The number of rotatable bonds is 8. The highest BCUT2D eigenvalue weighted by Gasteiger charge is 2.15. The molecule has 1 fully saturated rings. The number of hydrogen-bond acceptors (Lipinski definition) is 5. The van der Waals surface area contributed by atoms with Crippen molar-refractivity contribution in [2.24, 2.45) is 5.92 Å². The number of nitrogens with one attached hydrogen (secondary N) is 2. The Balaban J connectivity index is 1.35. The largest absolute Gasteiger partial charge is 0.338 e. The Morgan fingerprint density at radius 3 is 2.76 bits per heavy atom. The fourth-order valence-corrected chi connectivity index (χ4v) is 3.61. The minimum absolute atomic E-state index is 0.177. The third-order valence-electron chi connectivity index (χ3n) is 5.28. The Morgan fingerprint density at radius 1 is 1.28 bits per heavy atom. The lowest BCUT2D eigenvalue weighted by atomic mass is 10.0. The number of nitrogens with zero attached hydrogens (tertiary/aromatic N) is 3. The van der Waals surface area contributed by atoms with Gasteiger partial charge in [-0.2, -0.15) is 4.98 Å². The van der Waals surface area contributed by atoms with E-state index in [0.717, 1.165) is 36.6 Å². The van der Waals surface area contributed by atoms with E-state index >= 15 is 0 Å². The molecule has 1 unspecified atom stereocenters. The average Bonchev–Trinajstić information content (AvgIpc) is 3.19. The number of likely N-dealkylation sites (tertiary alicyclic amines) is 1. The van der Waals surface area contributed by atoms with Gasteiger partial charge in [-0.1, -0.05) is 25.9 Å². The molecule has 3 rings (SSSR count). The zero-order valence-electron chi connectivity index (χ0n) is 17.8. The number of amides is 2. The van der Waals surface area contributed by atoms with Gasteiger partial charge in [-0.3, -0.25) is 0 Å². The molecule has 2 aromatic rings. The van der Waals surface area contributed by atoms with Crippen molar-refractivity contribution in [3.8, 4) is 11.5 Å². The summed E-state index contributed by atoms with van der Waals surface area (Å²) in [7, 11) is 0. The van der Waals surface area contributed by atoms with E-state index in [1.807, 2.05) is 38.1 Å². The third kappa shape index (κ3) is 6.56. The first kappa shape index (κ1) is 21.3. The molecular weight excluding hydrogens is 366 g/mol. The Kier molecular flexibility index (Phi) is 7.63. The zero-order valence-corrected chi connectivity index (χ0v) is 17.8. The molecule has 2 heterocycles. The molecule has 0 bridgehead atoms. The van der Waals surface area contributed by atoms with E-state index in [1.165, 1.54) is 25.9 Å². The normalized spacial score (nSPS) is 17.4. The molecule has 158 valence electrons. The molecule has 2 amide bonds. The fourth-order valence-electron chi connectivity index (χ4n) is 3.61. The lowest BCUT2D eigenvalue weighted by molar-refractivity contribution is 0.181. The van der Waals surface area contributed by atoms with Gasteiger partial charge in [0.15, 0.2) is 5.82 Å². The summed E-state index contributed by atoms with van der Waals surface area (Å²) in [5.74, 6) is 2.22. The molecule has 7 nitrogen and oxygen atoms in total. The molecule has 1 aromatic heterocycles. The number of anilines is 1. The van der Waals surface area contributed by atoms with E-state index in [9.17, 15) is 4.79 Å². The van der Waals surface area contributed by atoms with Gasteiger partial charge in [0.05, 0.1) is 0 Å². The molecular formula is C22H33N5O2. The van der Waals surface area contributed by atoms with Crippen LogP contribution in [0, 0.1) is 5.92 Å². The first-order valence-electron chi connectivity index (χ1n) is 10.7. The molecule has 1 aliphatic rings. The molecule has 1 aromatic carbocycles. The SMILES string of the molecule is CC1CCCN(CCCCNC(=O)Nc2ccc(-c3nc(C(C)C)no3)cc2)C1. The van der Waals surface area contributed by atoms with Crippen LogP contribution in [0.2, 0.25) is 0 Å². The standard InChI is InChI=1S/C22H33N5O2/c1-16(2)20-25-21(29-26-20)18-8-10-19(11-9-18)24-22(28)23-12-4-5-13-27-14-6-7-17(3)15-27/h8-11,16-17H,4-7,12-15H2,1-3H3,(H2,23,24,28). The van der Waals surface area contributed by atoms with Crippen LogP contribution in [0.25, 0.3) is 11.5 Å². The van der Waals surface area contributed by atoms with Crippen molar-refractivity contribution >= 4 is 11.7 Å². The summed E-state index contributed by atoms with van der Waals surface area (Å²) in [5.41, 5.74) is 1.57. The average molecular weight is 400 g/mol. The summed E-state index contributed by atoms with van der Waals surface area (Å²) in [5, 5.41) is 9.77. The van der Waals surface area contributed by atoms with Gasteiger partial charge < -0.3 is 20.1 Å². The molecule has 29 heavy (non-hydrogen) atoms. The molecule has 1 atom stereocenters. The zero-order chi connectivity index (χ0) is 20.6. The van der Waals surface area contributed by atoms with E-state index in [-0.39, 0.29) is 11.9 Å². The van der Waals surface area contributed by atoms with E-state index in [4.69, 9.17) is 4.52 Å². The summed E-state index contributed by atoms with van der Waals surface area (Å²) in [6.45, 7) is 10.6. The minimum atomic E-state index is -0.177. The van der Waals surface area contributed by atoms with Gasteiger partial charge in [0, 0.05) is 30.3 Å². The first-order valence-corrected chi connectivity index (χ1v) is 10.7. The minimum Gasteiger partial charge on any atom is -0.338 e. The molecule has 0 saturated carbocycles. The number of benzene rings is 1. The van der Waals surface area contributed by atoms with Crippen LogP contribution in [-0.2, 0) is 0 Å². The maximum absolute atomic E-state index is 12.1. The lowest BCUT2D eigenvalue weighted by Crippen LogP contribution is -2.35. The van der Waals surface area contributed by atoms with Crippen LogP contribution in [-0.4, -0.2) is 47.3 Å². The summed E-state index contributed by atoms with van der Waals surface area (Å²) in [6, 6.07) is 7.24. The van der Waals surface area contributed by atoms with Gasteiger partial charge >= 0.3 is 6.03 Å². The molecule has 7 heteroatoms. The predicted molar refractivity (Wildman–Crippen MR) is 115 cm³/mol. The number of urea groups is 1. The lowest BCUT2D eigenvalue weighted by Gasteiger charge is -2.30. The third-order valence-corrected chi connectivity index (χ3v) is 5.28. The monoisotopic (exact) mass is 399 g/mol. The van der Waals surface area contributed by atoms with E-state index in [2.05, 4.69) is 32.6 Å². The number of piperidine rings is 1. The van der Waals surface area contributed by atoms with Crippen LogP contribution in [0.5, 0.6) is 0 Å². The van der Waals surface area contributed by atoms with Crippen LogP contribution >= 0.6 is 0 Å². The number of hydrogen-bond donors (Lipinski definition) is 2. The molecule has 1 saturated heterocycles. The summed E-state index contributed by atoms with van der Waals surface area (Å²) in [6.07, 6.45) is 4.77. The van der Waals surface area contributed by atoms with E-state index in [1.54, 1.807) is 0 Å². The van der Waals surface area contributed by atoms with E-state index < -0.39 is 0 Å². The second-order valence-corrected chi connectivity index (χ2v) is 8.33. The van der Waals surface area contributed by atoms with Gasteiger partial charge in [-0.15, -0.1) is 0 Å². The van der Waals surface area contributed by atoms with Gasteiger partial charge in [-0.25, -0.2) is 4.79 Å². The van der Waals surface area contributed by atoms with Gasteiger partial charge in [-0.05, 0) is 69.0 Å². The molecule has 2 N–H and O–H groups in total. The molecule has 1 aliphatic heterocycles. The topological polar surface area (TPSA) is 83.3 Å². The summed E-state index contributed by atoms with van der Waals surface area (Å²) in [4.78, 5) is 19.0. The Labute approximate surface area is 173 Å². The Hall–Kier alpha value is -2.41. The van der Waals surface area contributed by atoms with Crippen molar-refractivity contribution in [3.05, 3.63) is 30.1 Å². The number of carbonyl (C=O) groups is 1. The van der Waals surface area contributed by atoms with Gasteiger partial charge in [0.25, 0.3) is 5.89 Å². The Bertz CT molecular complexity index is 772. The van der Waals surface area contributed by atoms with Crippen molar-refractivity contribution < 1.29 is 9.32 Å². The Morgan fingerprint density at radius 2 is 2.07 bits per heavy atom. The number of aromatic nitrogens is 2. The highest BCUT2D eigenvalue weighted by Crippen LogP contribution is 2.21. The van der Waals surface area contributed by atoms with E-state index in [0.29, 0.717) is 18.3 Å². The van der Waals surface area contributed by atoms with Crippen molar-refractivity contribution in [2.75, 3.05) is 31.5 Å². The van der Waals surface area contributed by atoms with Gasteiger partial charge in [0.1, 0.15) is 0 Å². The fraction of sp³-hybridized carbons (Fsp3) is 0.591. The van der Waals surface area contributed by atoms with Crippen molar-refractivity contribution in [1.29, 1.82) is 0 Å². The highest BCUT2D eigenvalue weighted by atomic mass is 16.5. The second kappa shape index (κ2) is 10.4. The maximum Gasteiger partial charge on any atom is 0.319 e. The van der Waals surface area contributed by atoms with Crippen molar-refractivity contribution in [3.63, 3.8) is 0 Å². The summed E-state index contributed by atoms with van der Waals surface area (Å²) >= 11 is 0. The van der Waals surface area contributed by atoms with Crippen molar-refractivity contribution in [1.82, 2.24) is 20.4 Å². The van der Waals surface area contributed by atoms with Crippen LogP contribution in [0.3, 0.4) is 0 Å². The smallest absolute Gasteiger partial charge is 0.319 e. The predicted octanol–water partition coefficient (Wildman–Crippen LogP) is 4.49. The molecule has 0 aliphatic carbocycles. The quantitative estimate of drug-likeness (QED) is 0.639. The molecule has 0 radical (unpaired) electrons. The maximum atomic E-state index is 12.1. The van der Waals surface area contributed by atoms with Crippen LogP contribution in [0.1, 0.15) is 58.2 Å². The molecule has 0 spiro atoms.